The summed E-state index contributed by atoms with van der Waals surface area (Å²) in [6.07, 6.45) is 4.72. The number of carbonyl (C=O) groups is 1. The number of thiophene rings is 1. The van der Waals surface area contributed by atoms with Crippen molar-refractivity contribution in [2.45, 2.75) is 25.7 Å². The lowest BCUT2D eigenvalue weighted by molar-refractivity contribution is 0.0954. The van der Waals surface area contributed by atoms with E-state index in [2.05, 4.69) is 51.5 Å². The first-order chi connectivity index (χ1) is 16.8. The number of ether oxygens (including phenoxy) is 1. The van der Waals surface area contributed by atoms with Crippen molar-refractivity contribution >= 4 is 27.9 Å². The summed E-state index contributed by atoms with van der Waals surface area (Å²) in [6, 6.07) is 22.9. The predicted molar refractivity (Wildman–Crippen MR) is 140 cm³/mol. The fraction of sp³-hybridized carbons (Fsp3) is 0.393. The summed E-state index contributed by atoms with van der Waals surface area (Å²) >= 11 is 1.55. The third kappa shape index (κ3) is 5.62. The second-order valence-electron chi connectivity index (χ2n) is 9.19. The van der Waals surface area contributed by atoms with Crippen LogP contribution in [0.25, 0.3) is 0 Å². The Bertz CT molecular complexity index is 1080. The van der Waals surface area contributed by atoms with Crippen LogP contribution in [0.5, 0.6) is 5.75 Å². The molecule has 2 aliphatic heterocycles. The van der Waals surface area contributed by atoms with Gasteiger partial charge in [-0.15, -0.1) is 11.3 Å². The first kappa shape index (κ1) is 22.9. The summed E-state index contributed by atoms with van der Waals surface area (Å²) in [5.74, 6) is 1.72. The van der Waals surface area contributed by atoms with Crippen LogP contribution in [-0.4, -0.2) is 50.1 Å². The molecule has 1 amide bonds. The number of amides is 1. The van der Waals surface area contributed by atoms with Crippen molar-refractivity contribution in [2.75, 3.05) is 44.2 Å². The second kappa shape index (κ2) is 11.1. The molecule has 34 heavy (non-hydrogen) atoms. The number of para-hydroxylation sites is 2. The summed E-state index contributed by atoms with van der Waals surface area (Å²) in [5.41, 5.74) is 2.52. The molecule has 0 bridgehead atoms. The minimum Gasteiger partial charge on any atom is -0.490 e. The van der Waals surface area contributed by atoms with E-state index in [1.807, 2.05) is 30.3 Å². The summed E-state index contributed by atoms with van der Waals surface area (Å²) < 4.78 is 5.76. The molecule has 5 rings (SSSR count). The van der Waals surface area contributed by atoms with Crippen LogP contribution < -0.4 is 15.0 Å². The minimum absolute atomic E-state index is 0.0272. The van der Waals surface area contributed by atoms with Crippen LogP contribution >= 0.6 is 11.3 Å². The average Bonchev–Trinajstić information content (AvgIpc) is 3.38. The number of carbonyl (C=O) groups excluding carboxylic acids is 1. The second-order valence-corrected chi connectivity index (χ2v) is 10.3. The maximum absolute atomic E-state index is 12.7. The highest BCUT2D eigenvalue weighted by Gasteiger charge is 2.22. The summed E-state index contributed by atoms with van der Waals surface area (Å²) in [5, 5.41) is 4.20. The normalized spacial score (nSPS) is 16.6. The van der Waals surface area contributed by atoms with E-state index in [4.69, 9.17) is 4.74 Å². The fourth-order valence-corrected chi connectivity index (χ4v) is 5.91. The predicted octanol–water partition coefficient (Wildman–Crippen LogP) is 5.35. The molecule has 1 aromatic heterocycles. The van der Waals surface area contributed by atoms with Crippen LogP contribution in [0, 0.1) is 5.92 Å². The van der Waals surface area contributed by atoms with E-state index in [0.29, 0.717) is 6.61 Å². The van der Waals surface area contributed by atoms with Gasteiger partial charge < -0.3 is 19.9 Å². The van der Waals surface area contributed by atoms with E-state index in [1.165, 1.54) is 37.9 Å². The molecule has 0 spiro atoms. The Morgan fingerprint density at radius 3 is 2.62 bits per heavy atom. The van der Waals surface area contributed by atoms with Crippen molar-refractivity contribution in [3.63, 3.8) is 0 Å². The molecule has 0 saturated carbocycles. The van der Waals surface area contributed by atoms with E-state index in [9.17, 15) is 4.79 Å². The van der Waals surface area contributed by atoms with Crippen LogP contribution in [0.1, 0.15) is 34.5 Å². The highest BCUT2D eigenvalue weighted by Crippen LogP contribution is 2.39. The van der Waals surface area contributed by atoms with Gasteiger partial charge in [0.25, 0.3) is 5.91 Å². The number of piperidine rings is 1. The zero-order chi connectivity index (χ0) is 23.2. The number of anilines is 2. The molecule has 2 aliphatic rings. The lowest BCUT2D eigenvalue weighted by atomic mass is 9.90. The molecule has 1 saturated heterocycles. The van der Waals surface area contributed by atoms with Crippen LogP contribution in [0.15, 0.2) is 66.7 Å². The molecule has 0 unspecified atom stereocenters. The molecule has 1 N–H and O–H groups in total. The summed E-state index contributed by atoms with van der Waals surface area (Å²) in [6.45, 7) is 5.55. The summed E-state index contributed by atoms with van der Waals surface area (Å²) in [7, 11) is 0. The van der Waals surface area contributed by atoms with Gasteiger partial charge in [0.15, 0.2) is 0 Å². The first-order valence-electron chi connectivity index (χ1n) is 12.4. The third-order valence-electron chi connectivity index (χ3n) is 6.82. The lowest BCUT2D eigenvalue weighted by Crippen LogP contribution is -2.36. The van der Waals surface area contributed by atoms with Crippen LogP contribution in [-0.2, 0) is 6.42 Å². The highest BCUT2D eigenvalue weighted by molar-refractivity contribution is 7.18. The van der Waals surface area contributed by atoms with E-state index in [0.717, 1.165) is 53.3 Å². The van der Waals surface area contributed by atoms with Gasteiger partial charge in [-0.1, -0.05) is 42.5 Å². The molecule has 5 nitrogen and oxygen atoms in total. The number of hydrogen-bond acceptors (Lipinski definition) is 5. The van der Waals surface area contributed by atoms with Gasteiger partial charge in [0, 0.05) is 6.54 Å². The Morgan fingerprint density at radius 2 is 1.76 bits per heavy atom. The van der Waals surface area contributed by atoms with Gasteiger partial charge in [-0.3, -0.25) is 4.79 Å². The fourth-order valence-electron chi connectivity index (χ4n) is 4.95. The van der Waals surface area contributed by atoms with Gasteiger partial charge in [-0.2, -0.15) is 0 Å². The van der Waals surface area contributed by atoms with Crippen LogP contribution in [0.3, 0.4) is 0 Å². The van der Waals surface area contributed by atoms with E-state index >= 15 is 0 Å². The van der Waals surface area contributed by atoms with Crippen LogP contribution in [0.2, 0.25) is 0 Å². The van der Waals surface area contributed by atoms with Crippen molar-refractivity contribution in [1.29, 1.82) is 0 Å². The van der Waals surface area contributed by atoms with Crippen LogP contribution in [0.4, 0.5) is 10.7 Å². The smallest absolute Gasteiger partial charge is 0.261 e. The van der Waals surface area contributed by atoms with Gasteiger partial charge in [0.1, 0.15) is 12.4 Å². The van der Waals surface area contributed by atoms with Gasteiger partial charge in [-0.05, 0) is 81.1 Å². The zero-order valence-corrected chi connectivity index (χ0v) is 20.4. The van der Waals surface area contributed by atoms with E-state index < -0.39 is 0 Å². The van der Waals surface area contributed by atoms with Crippen molar-refractivity contribution in [1.82, 2.24) is 10.2 Å². The molecule has 3 heterocycles. The standard InChI is InChI=1S/C28H33N3O2S/c32-28(26-11-12-27(34-26)31-19-20-33-25-10-5-4-9-24(25)31)29-15-6-16-30-17-13-23(14-18-30)21-22-7-2-1-3-8-22/h1-5,7-12,23H,6,13-21H2,(H,29,32). The van der Waals surface area contributed by atoms with Gasteiger partial charge in [0.05, 0.1) is 22.1 Å². The number of nitrogens with one attached hydrogen (secondary N) is 1. The monoisotopic (exact) mass is 475 g/mol. The number of rotatable bonds is 8. The van der Waals surface area contributed by atoms with E-state index in [1.54, 1.807) is 11.3 Å². The Labute approximate surface area is 206 Å². The first-order valence-corrected chi connectivity index (χ1v) is 13.2. The molecule has 2 aromatic carbocycles. The third-order valence-corrected chi connectivity index (χ3v) is 7.93. The lowest BCUT2D eigenvalue weighted by Gasteiger charge is -2.32. The number of hydrogen-bond donors (Lipinski definition) is 1. The van der Waals surface area contributed by atoms with E-state index in [-0.39, 0.29) is 5.91 Å². The molecule has 3 aromatic rings. The SMILES string of the molecule is O=C(NCCCN1CCC(Cc2ccccc2)CC1)c1ccc(N2CCOc3ccccc32)s1. The molecule has 1 fully saturated rings. The van der Waals surface area contributed by atoms with Gasteiger partial charge in [-0.25, -0.2) is 0 Å². The highest BCUT2D eigenvalue weighted by atomic mass is 32.1. The van der Waals surface area contributed by atoms with Crippen molar-refractivity contribution in [3.05, 3.63) is 77.2 Å². The molecular formula is C28H33N3O2S. The molecule has 0 aliphatic carbocycles. The number of benzene rings is 2. The molecule has 6 heteroatoms. The number of likely N-dealkylation sites (tertiary alicyclic amines) is 1. The number of fused-ring (bicyclic) bond motifs is 1. The average molecular weight is 476 g/mol. The zero-order valence-electron chi connectivity index (χ0n) is 19.6. The quantitative estimate of drug-likeness (QED) is 0.446. The molecular weight excluding hydrogens is 442 g/mol. The Morgan fingerprint density at radius 1 is 0.971 bits per heavy atom. The van der Waals surface area contributed by atoms with Gasteiger partial charge in [0.2, 0.25) is 0 Å². The van der Waals surface area contributed by atoms with Crippen molar-refractivity contribution < 1.29 is 9.53 Å². The Kier molecular flexibility index (Phi) is 7.46. The molecule has 178 valence electrons. The van der Waals surface area contributed by atoms with Crippen molar-refractivity contribution in [3.8, 4) is 5.75 Å². The Balaban J connectivity index is 1.03. The van der Waals surface area contributed by atoms with Gasteiger partial charge >= 0.3 is 0 Å². The largest absolute Gasteiger partial charge is 0.490 e. The van der Waals surface area contributed by atoms with Crippen molar-refractivity contribution in [2.24, 2.45) is 5.92 Å². The molecule has 0 atom stereocenters. The molecule has 0 radical (unpaired) electrons. The Hall–Kier alpha value is -2.83. The minimum atomic E-state index is 0.0272. The topological polar surface area (TPSA) is 44.8 Å². The number of nitrogens with zero attached hydrogens (tertiary/aromatic N) is 2. The summed E-state index contributed by atoms with van der Waals surface area (Å²) in [4.78, 5) is 18.2. The maximum atomic E-state index is 12.7. The maximum Gasteiger partial charge on any atom is 0.261 e.